The fraction of sp³-hybridized carbons (Fsp3) is 0.769. The summed E-state index contributed by atoms with van der Waals surface area (Å²) in [7, 11) is 0. The Morgan fingerprint density at radius 3 is 2.59 bits per heavy atom. The smallest absolute Gasteiger partial charge is 0.0720 e. The summed E-state index contributed by atoms with van der Waals surface area (Å²) < 4.78 is 6.38. The van der Waals surface area contributed by atoms with Crippen LogP contribution in [0.5, 0.6) is 0 Å². The van der Waals surface area contributed by atoms with Crippen molar-refractivity contribution in [3.63, 3.8) is 0 Å². The van der Waals surface area contributed by atoms with Gasteiger partial charge in [-0.05, 0) is 97.9 Å². The van der Waals surface area contributed by atoms with Crippen molar-refractivity contribution in [3.05, 3.63) is 35.9 Å². The molecule has 0 saturated heterocycles. The predicted molar refractivity (Wildman–Crippen MR) is 111 cm³/mol. The van der Waals surface area contributed by atoms with Gasteiger partial charge in [-0.3, -0.25) is 0 Å². The Morgan fingerprint density at radius 1 is 0.889 bits per heavy atom. The Morgan fingerprint density at radius 2 is 1.74 bits per heavy atom. The normalized spacial score (nSPS) is 46.4. The van der Waals surface area contributed by atoms with Crippen molar-refractivity contribution in [2.24, 2.45) is 34.5 Å². The first-order valence-corrected chi connectivity index (χ1v) is 11.7. The summed E-state index contributed by atoms with van der Waals surface area (Å²) in [4.78, 5) is 0. The highest BCUT2D eigenvalue weighted by Gasteiger charge is 2.57. The van der Waals surface area contributed by atoms with Crippen molar-refractivity contribution in [3.8, 4) is 0 Å². The molecule has 0 spiro atoms. The van der Waals surface area contributed by atoms with Crippen LogP contribution in [0.15, 0.2) is 30.3 Å². The van der Waals surface area contributed by atoms with Crippen LogP contribution in [-0.2, 0) is 11.3 Å². The van der Waals surface area contributed by atoms with Crippen molar-refractivity contribution in [1.29, 1.82) is 0 Å². The monoisotopic (exact) mass is 366 g/mol. The summed E-state index contributed by atoms with van der Waals surface area (Å²) in [5.41, 5.74) is 2.61. The number of ether oxygens (including phenoxy) is 1. The molecule has 7 atom stereocenters. The Balaban J connectivity index is 1.25. The molecule has 0 amide bonds. The average Bonchev–Trinajstić information content (AvgIpc) is 3.09. The minimum absolute atomic E-state index is 0.486. The average molecular weight is 367 g/mol. The van der Waals surface area contributed by atoms with Crippen LogP contribution in [0, 0.1) is 34.5 Å². The highest BCUT2D eigenvalue weighted by Crippen LogP contribution is 2.66. The zero-order chi connectivity index (χ0) is 18.5. The summed E-state index contributed by atoms with van der Waals surface area (Å²) in [5.74, 6) is 3.98. The Bertz CT molecular complexity index is 653. The fourth-order valence-corrected chi connectivity index (χ4v) is 8.15. The second-order valence-electron chi connectivity index (χ2n) is 10.9. The molecule has 4 saturated carbocycles. The lowest BCUT2D eigenvalue weighted by Crippen LogP contribution is -2.53. The second kappa shape index (κ2) is 6.90. The van der Waals surface area contributed by atoms with Crippen LogP contribution in [0.2, 0.25) is 0 Å². The molecule has 1 nitrogen and oxygen atoms in total. The van der Waals surface area contributed by atoms with E-state index in [-0.39, 0.29) is 0 Å². The molecule has 0 heterocycles. The van der Waals surface area contributed by atoms with E-state index >= 15 is 0 Å². The van der Waals surface area contributed by atoms with E-state index in [1.54, 1.807) is 0 Å². The van der Waals surface area contributed by atoms with Crippen LogP contribution >= 0.6 is 0 Å². The Labute approximate surface area is 166 Å². The van der Waals surface area contributed by atoms with Gasteiger partial charge >= 0.3 is 0 Å². The minimum atomic E-state index is 0.486. The lowest BCUT2D eigenvalue weighted by Gasteiger charge is -2.60. The van der Waals surface area contributed by atoms with Gasteiger partial charge in [-0.25, -0.2) is 0 Å². The minimum Gasteiger partial charge on any atom is -0.374 e. The van der Waals surface area contributed by atoms with E-state index in [0.29, 0.717) is 16.9 Å². The SMILES string of the molecule is C[C@@]12CCC[C@H]1[C@H]1CC[C@@H]3C[C@@H](OCc4ccccc4)CC[C@]3(C)[C@@H]1CC2. The summed E-state index contributed by atoms with van der Waals surface area (Å²) in [6.07, 6.45) is 15.0. The lowest BCUT2D eigenvalue weighted by atomic mass is 9.45. The number of fused-ring (bicyclic) bond motifs is 5. The van der Waals surface area contributed by atoms with E-state index in [0.717, 1.165) is 30.3 Å². The van der Waals surface area contributed by atoms with Gasteiger partial charge in [0.15, 0.2) is 0 Å². The maximum Gasteiger partial charge on any atom is 0.0720 e. The Kier molecular flexibility index (Phi) is 4.66. The maximum absolute atomic E-state index is 6.38. The van der Waals surface area contributed by atoms with Gasteiger partial charge in [0.05, 0.1) is 12.7 Å². The zero-order valence-electron chi connectivity index (χ0n) is 17.5. The third kappa shape index (κ3) is 3.09. The van der Waals surface area contributed by atoms with E-state index in [2.05, 4.69) is 44.2 Å². The molecule has 1 aromatic carbocycles. The van der Waals surface area contributed by atoms with Gasteiger partial charge in [0.2, 0.25) is 0 Å². The number of benzene rings is 1. The molecule has 0 unspecified atom stereocenters. The summed E-state index contributed by atoms with van der Waals surface area (Å²) in [6.45, 7) is 6.10. The number of hydrogen-bond donors (Lipinski definition) is 0. The molecule has 0 aromatic heterocycles. The molecule has 0 bridgehead atoms. The van der Waals surface area contributed by atoms with Gasteiger partial charge in [-0.15, -0.1) is 0 Å². The molecule has 1 aromatic rings. The second-order valence-corrected chi connectivity index (χ2v) is 10.9. The van der Waals surface area contributed by atoms with Gasteiger partial charge in [0.1, 0.15) is 0 Å². The predicted octanol–water partition coefficient (Wildman–Crippen LogP) is 7.00. The van der Waals surface area contributed by atoms with E-state index in [1.165, 1.54) is 69.8 Å². The molecule has 4 aliphatic carbocycles. The van der Waals surface area contributed by atoms with Gasteiger partial charge in [-0.1, -0.05) is 50.6 Å². The van der Waals surface area contributed by atoms with E-state index in [4.69, 9.17) is 4.74 Å². The van der Waals surface area contributed by atoms with Crippen molar-refractivity contribution in [1.82, 2.24) is 0 Å². The highest BCUT2D eigenvalue weighted by molar-refractivity contribution is 5.13. The van der Waals surface area contributed by atoms with Gasteiger partial charge in [0, 0.05) is 0 Å². The molecule has 0 aliphatic heterocycles. The number of hydrogen-bond acceptors (Lipinski definition) is 1. The van der Waals surface area contributed by atoms with Crippen LogP contribution in [0.3, 0.4) is 0 Å². The van der Waals surface area contributed by atoms with Crippen LogP contribution in [0.1, 0.15) is 83.6 Å². The third-order valence-electron chi connectivity index (χ3n) is 9.73. The quantitative estimate of drug-likeness (QED) is 0.559. The molecule has 1 heteroatoms. The van der Waals surface area contributed by atoms with Gasteiger partial charge < -0.3 is 4.74 Å². The third-order valence-corrected chi connectivity index (χ3v) is 9.73. The lowest BCUT2D eigenvalue weighted by molar-refractivity contribution is -0.131. The summed E-state index contributed by atoms with van der Waals surface area (Å²) in [6, 6.07) is 10.7. The Hall–Kier alpha value is -0.820. The maximum atomic E-state index is 6.38. The molecular weight excluding hydrogens is 328 g/mol. The molecular formula is C26H38O. The highest BCUT2D eigenvalue weighted by atomic mass is 16.5. The summed E-state index contributed by atoms with van der Waals surface area (Å²) in [5, 5.41) is 0. The topological polar surface area (TPSA) is 9.23 Å². The fourth-order valence-electron chi connectivity index (χ4n) is 8.15. The van der Waals surface area contributed by atoms with Crippen LogP contribution in [-0.4, -0.2) is 6.10 Å². The van der Waals surface area contributed by atoms with Gasteiger partial charge in [0.25, 0.3) is 0 Å². The largest absolute Gasteiger partial charge is 0.374 e. The zero-order valence-corrected chi connectivity index (χ0v) is 17.5. The molecule has 148 valence electrons. The first kappa shape index (κ1) is 18.2. The standard InChI is InChI=1S/C26H38O/c1-25-14-6-9-23(25)22-11-10-20-17-21(27-18-19-7-4-3-5-8-19)12-16-26(20,2)24(22)13-15-25/h3-5,7-8,20-24H,6,9-18H2,1-2H3/t20-,21+,22-,23+,24-,25+,26+/m1/s1. The van der Waals surface area contributed by atoms with Crippen LogP contribution in [0.25, 0.3) is 0 Å². The van der Waals surface area contributed by atoms with E-state index in [1.807, 2.05) is 0 Å². The molecule has 5 rings (SSSR count). The summed E-state index contributed by atoms with van der Waals surface area (Å²) >= 11 is 0. The molecule has 27 heavy (non-hydrogen) atoms. The van der Waals surface area contributed by atoms with Crippen molar-refractivity contribution in [2.45, 2.75) is 90.8 Å². The first-order valence-electron chi connectivity index (χ1n) is 11.7. The number of rotatable bonds is 3. The molecule has 4 aliphatic rings. The molecule has 0 radical (unpaired) electrons. The van der Waals surface area contributed by atoms with Gasteiger partial charge in [-0.2, -0.15) is 0 Å². The van der Waals surface area contributed by atoms with Crippen molar-refractivity contribution in [2.75, 3.05) is 0 Å². The van der Waals surface area contributed by atoms with Crippen LogP contribution in [0.4, 0.5) is 0 Å². The van der Waals surface area contributed by atoms with Crippen LogP contribution < -0.4 is 0 Å². The van der Waals surface area contributed by atoms with Crippen molar-refractivity contribution >= 4 is 0 Å². The molecule has 4 fully saturated rings. The van der Waals surface area contributed by atoms with E-state index < -0.39 is 0 Å². The molecule has 0 N–H and O–H groups in total. The first-order chi connectivity index (χ1) is 13.1. The van der Waals surface area contributed by atoms with E-state index in [9.17, 15) is 0 Å². The van der Waals surface area contributed by atoms with Crippen molar-refractivity contribution < 1.29 is 4.74 Å².